The molecule has 2 aromatic heterocycles. The highest BCUT2D eigenvalue weighted by Crippen LogP contribution is 2.45. The monoisotopic (exact) mass is 719 g/mol. The van der Waals surface area contributed by atoms with E-state index >= 15 is 4.39 Å². The highest BCUT2D eigenvalue weighted by Gasteiger charge is 2.43. The maximum Gasteiger partial charge on any atom is 0.422 e. The summed E-state index contributed by atoms with van der Waals surface area (Å²) in [5.74, 6) is -7.55. The number of carbonyl (C=O) groups excluding carboxylic acids is 1. The zero-order chi connectivity index (χ0) is 37.1. The molecule has 2 N–H and O–H groups in total. The van der Waals surface area contributed by atoms with Crippen LogP contribution in [0.25, 0.3) is 28.0 Å². The molecule has 1 amide bonds. The Bertz CT molecular complexity index is 2120. The van der Waals surface area contributed by atoms with Crippen LogP contribution < -0.4 is 16.2 Å². The molecule has 0 unspecified atom stereocenters. The number of halogens is 7. The molecule has 0 bridgehead atoms. The van der Waals surface area contributed by atoms with E-state index in [2.05, 4.69) is 16.6 Å². The van der Waals surface area contributed by atoms with Crippen molar-refractivity contribution in [2.75, 3.05) is 30.3 Å². The largest absolute Gasteiger partial charge is 0.422 e. The number of aliphatic imine (C=N–C) groups is 1. The molecular formula is C34H32ClF6N7O2. The van der Waals surface area contributed by atoms with Gasteiger partial charge in [0, 0.05) is 37.1 Å². The predicted molar refractivity (Wildman–Crippen MR) is 179 cm³/mol. The van der Waals surface area contributed by atoms with Crippen molar-refractivity contribution in [3.63, 3.8) is 0 Å². The van der Waals surface area contributed by atoms with Gasteiger partial charge in [0.05, 0.1) is 39.1 Å². The van der Waals surface area contributed by atoms with Crippen LogP contribution in [0.15, 0.2) is 34.1 Å². The number of benzene rings is 1. The van der Waals surface area contributed by atoms with Crippen LogP contribution in [0.5, 0.6) is 0 Å². The minimum absolute atomic E-state index is 0.0564. The van der Waals surface area contributed by atoms with Crippen molar-refractivity contribution in [1.82, 2.24) is 14.5 Å². The van der Waals surface area contributed by atoms with E-state index in [0.717, 1.165) is 4.57 Å². The Hall–Kier alpha value is -4.84. The number of nitrogen functional groups attached to an aromatic ring is 1. The lowest BCUT2D eigenvalue weighted by Gasteiger charge is -2.45. The summed E-state index contributed by atoms with van der Waals surface area (Å²) >= 11 is 6.60. The molecule has 264 valence electrons. The number of alkyl halides is 3. The van der Waals surface area contributed by atoms with Gasteiger partial charge in [-0.25, -0.2) is 18.2 Å². The molecule has 9 nitrogen and oxygen atoms in total. The van der Waals surface area contributed by atoms with Gasteiger partial charge in [0.15, 0.2) is 11.6 Å². The zero-order valence-corrected chi connectivity index (χ0v) is 28.4. The molecule has 2 aliphatic rings. The Morgan fingerprint density at radius 2 is 1.78 bits per heavy atom. The van der Waals surface area contributed by atoms with Gasteiger partial charge in [0.2, 0.25) is 5.91 Å². The summed E-state index contributed by atoms with van der Waals surface area (Å²) < 4.78 is 87.7. The van der Waals surface area contributed by atoms with Gasteiger partial charge in [0.1, 0.15) is 28.7 Å². The first-order valence-corrected chi connectivity index (χ1v) is 15.9. The highest BCUT2D eigenvalue weighted by atomic mass is 35.5. The van der Waals surface area contributed by atoms with Crippen LogP contribution >= 0.6 is 11.6 Å². The topological polar surface area (TPSA) is 121 Å². The number of fused-ring (bicyclic) bond motifs is 1. The molecule has 1 aromatic carbocycles. The second-order valence-corrected chi connectivity index (χ2v) is 13.0. The van der Waals surface area contributed by atoms with Crippen molar-refractivity contribution >= 4 is 51.3 Å². The van der Waals surface area contributed by atoms with Crippen LogP contribution in [0.3, 0.4) is 0 Å². The summed E-state index contributed by atoms with van der Waals surface area (Å²) in [4.78, 5) is 39.5. The van der Waals surface area contributed by atoms with Gasteiger partial charge in [-0.1, -0.05) is 32.0 Å². The van der Waals surface area contributed by atoms with Gasteiger partial charge in [0.25, 0.3) is 5.56 Å². The molecule has 0 aliphatic carbocycles. The number of nitrogens with two attached hydrogens (primary N) is 1. The number of dihydropyridines is 1. The van der Waals surface area contributed by atoms with Gasteiger partial charge in [-0.2, -0.15) is 18.4 Å². The van der Waals surface area contributed by atoms with Crippen molar-refractivity contribution in [3.8, 4) is 17.3 Å². The van der Waals surface area contributed by atoms with Crippen LogP contribution in [0, 0.1) is 34.7 Å². The zero-order valence-electron chi connectivity index (χ0n) is 27.6. The van der Waals surface area contributed by atoms with E-state index in [1.165, 1.54) is 12.1 Å². The first-order valence-electron chi connectivity index (χ1n) is 15.5. The summed E-state index contributed by atoms with van der Waals surface area (Å²) in [5, 5.41) is 10.0. The maximum atomic E-state index is 15.7. The molecule has 2 aliphatic heterocycles. The summed E-state index contributed by atoms with van der Waals surface area (Å²) in [7, 11) is 0. The number of allylic oxidation sites excluding steroid dienone is 1. The molecule has 1 fully saturated rings. The molecule has 50 heavy (non-hydrogen) atoms. The molecule has 0 spiro atoms. The van der Waals surface area contributed by atoms with Crippen LogP contribution in [0.2, 0.25) is 5.02 Å². The number of nitrogens with zero attached hydrogens (tertiary/aromatic N) is 6. The lowest BCUT2D eigenvalue weighted by molar-refractivity contribution is -0.142. The molecule has 1 saturated heterocycles. The second-order valence-electron chi connectivity index (χ2n) is 12.6. The van der Waals surface area contributed by atoms with E-state index in [9.17, 15) is 36.8 Å². The number of piperazine rings is 1. The van der Waals surface area contributed by atoms with E-state index in [4.69, 9.17) is 17.3 Å². The lowest BCUT2D eigenvalue weighted by Crippen LogP contribution is -2.58. The first-order chi connectivity index (χ1) is 23.4. The van der Waals surface area contributed by atoms with Crippen LogP contribution in [-0.2, 0) is 11.0 Å². The molecule has 3 aromatic rings. The number of hydrogen-bond donors (Lipinski definition) is 1. The summed E-state index contributed by atoms with van der Waals surface area (Å²) in [6.07, 6.45) is -4.10. The van der Waals surface area contributed by atoms with E-state index in [1.54, 1.807) is 30.6 Å². The summed E-state index contributed by atoms with van der Waals surface area (Å²) in [6.45, 7) is 13.1. The number of anilines is 2. The van der Waals surface area contributed by atoms with Crippen molar-refractivity contribution < 1.29 is 31.1 Å². The molecule has 5 rings (SSSR count). The van der Waals surface area contributed by atoms with Crippen molar-refractivity contribution in [3.05, 3.63) is 68.2 Å². The number of carbonyl (C=O) groups is 1. The van der Waals surface area contributed by atoms with E-state index in [1.807, 2.05) is 19.9 Å². The van der Waals surface area contributed by atoms with Gasteiger partial charge < -0.3 is 15.5 Å². The molecule has 0 radical (unpaired) electrons. The average molecular weight is 720 g/mol. The summed E-state index contributed by atoms with van der Waals surface area (Å²) in [5.41, 5.74) is -0.274. The standard InChI is InChI=1S/C34H32ClF6N7O2/c1-7-21(49)47-16(5)12-46(13-17(47)6)31-18-10-20(35)29(22-24(36)23(34(39,40)41)25(37)26(38)27(22)43)45-32(18)48(33(50)19(31)11-42)30-15(4)8-9-44-28(30)14(2)3/h7,10,14,16-17H,1,8-9,12-13,43H2,2-6H3/t16-,17+. The van der Waals surface area contributed by atoms with Crippen LogP contribution in [0.4, 0.5) is 37.7 Å². The number of nitriles is 1. The lowest BCUT2D eigenvalue weighted by atomic mass is 9.96. The van der Waals surface area contributed by atoms with Gasteiger partial charge in [-0.05, 0) is 50.8 Å². The number of amides is 1. The second kappa shape index (κ2) is 13.1. The molecule has 4 heterocycles. The Morgan fingerprint density at radius 1 is 1.16 bits per heavy atom. The molecule has 0 saturated carbocycles. The number of hydrogen-bond acceptors (Lipinski definition) is 7. The van der Waals surface area contributed by atoms with Gasteiger partial charge in [-0.3, -0.25) is 19.1 Å². The van der Waals surface area contributed by atoms with Crippen molar-refractivity contribution in [1.29, 1.82) is 5.26 Å². The third kappa shape index (κ3) is 5.78. The van der Waals surface area contributed by atoms with Gasteiger partial charge in [-0.15, -0.1) is 0 Å². The minimum atomic E-state index is -5.67. The van der Waals surface area contributed by atoms with Crippen LogP contribution in [0.1, 0.15) is 52.2 Å². The molecule has 2 atom stereocenters. The fourth-order valence-electron chi connectivity index (χ4n) is 6.80. The number of aromatic nitrogens is 2. The Morgan fingerprint density at radius 3 is 2.32 bits per heavy atom. The summed E-state index contributed by atoms with van der Waals surface area (Å²) in [6, 6.07) is 2.26. The van der Waals surface area contributed by atoms with Crippen molar-refractivity contribution in [2.45, 2.75) is 59.3 Å². The Labute approximate surface area is 287 Å². The molecular weight excluding hydrogens is 688 g/mol. The quantitative estimate of drug-likeness (QED) is 0.132. The van der Waals surface area contributed by atoms with E-state index in [-0.39, 0.29) is 52.9 Å². The fraction of sp³-hybridized carbons (Fsp3) is 0.382. The van der Waals surface area contributed by atoms with E-state index in [0.29, 0.717) is 24.3 Å². The maximum absolute atomic E-state index is 15.7. The SMILES string of the molecule is C=CC(=O)N1[C@H](C)CN(c2c(C#N)c(=O)n(C3=C(C)CCN=C3C(C)C)c3nc(-c4c(N)c(F)c(F)c(C(F)(F)F)c4F)c(Cl)cc23)C[C@@H]1C. The van der Waals surface area contributed by atoms with E-state index < -0.39 is 68.8 Å². The normalized spacial score (nSPS) is 18.5. The highest BCUT2D eigenvalue weighted by molar-refractivity contribution is 6.34. The Kier molecular flexibility index (Phi) is 9.57. The fourth-order valence-corrected chi connectivity index (χ4v) is 7.05. The number of rotatable bonds is 5. The predicted octanol–water partition coefficient (Wildman–Crippen LogP) is 6.95. The third-order valence-corrected chi connectivity index (χ3v) is 9.20. The third-order valence-electron chi connectivity index (χ3n) is 8.92. The average Bonchev–Trinajstić information content (AvgIpc) is 3.02. The smallest absolute Gasteiger partial charge is 0.396 e. The Balaban J connectivity index is 1.95. The minimum Gasteiger partial charge on any atom is -0.396 e. The number of pyridine rings is 2. The first kappa shape index (κ1) is 36.4. The van der Waals surface area contributed by atoms with Crippen LogP contribution in [-0.4, -0.2) is 57.8 Å². The van der Waals surface area contributed by atoms with Crippen molar-refractivity contribution in [2.24, 2.45) is 10.9 Å². The van der Waals surface area contributed by atoms with Gasteiger partial charge >= 0.3 is 6.18 Å². The molecule has 16 heteroatoms.